The van der Waals surface area contributed by atoms with E-state index in [1.165, 1.54) is 0 Å². The van der Waals surface area contributed by atoms with E-state index >= 15 is 0 Å². The summed E-state index contributed by atoms with van der Waals surface area (Å²) in [6, 6.07) is 0. The number of alkyl halides is 3. The van der Waals surface area contributed by atoms with Crippen molar-refractivity contribution in [2.45, 2.75) is 6.18 Å². The molecular formula is C7H14F3NO3. The van der Waals surface area contributed by atoms with Crippen molar-refractivity contribution in [3.63, 3.8) is 0 Å². The zero-order valence-corrected chi connectivity index (χ0v) is 8.26. The first kappa shape index (κ1) is 15.6. The van der Waals surface area contributed by atoms with Gasteiger partial charge in [-0.2, -0.15) is 13.2 Å². The Labute approximate surface area is 80.2 Å². The van der Waals surface area contributed by atoms with Crippen LogP contribution in [0.3, 0.4) is 0 Å². The highest BCUT2D eigenvalue weighted by Crippen LogP contribution is 2.11. The summed E-state index contributed by atoms with van der Waals surface area (Å²) in [5, 5.41) is 17.2. The van der Waals surface area contributed by atoms with Crippen molar-refractivity contribution in [1.29, 1.82) is 0 Å². The van der Waals surface area contributed by atoms with Crippen molar-refractivity contribution < 1.29 is 32.7 Å². The third kappa shape index (κ3) is 13.7. The number of aliphatic hydroxyl groups excluding tert-OH is 1. The summed E-state index contributed by atoms with van der Waals surface area (Å²) in [5.41, 5.74) is 0. The van der Waals surface area contributed by atoms with Crippen LogP contribution in [0.4, 0.5) is 13.2 Å². The number of rotatable bonds is 2. The van der Waals surface area contributed by atoms with Gasteiger partial charge in [-0.3, -0.25) is 0 Å². The van der Waals surface area contributed by atoms with E-state index in [9.17, 15) is 13.2 Å². The predicted octanol–water partition coefficient (Wildman–Crippen LogP) is -1.02. The Balaban J connectivity index is 0. The van der Waals surface area contributed by atoms with E-state index in [1.54, 1.807) is 0 Å². The number of hydrogen-bond donors (Lipinski definition) is 1. The van der Waals surface area contributed by atoms with E-state index in [0.717, 1.165) is 11.0 Å². The van der Waals surface area contributed by atoms with Crippen molar-refractivity contribution >= 4 is 5.97 Å². The molecule has 0 aromatic carbocycles. The van der Waals surface area contributed by atoms with Crippen LogP contribution in [0.25, 0.3) is 0 Å². The quantitative estimate of drug-likeness (QED) is 0.602. The molecule has 0 aliphatic heterocycles. The fraction of sp³-hybridized carbons (Fsp3) is 0.857. The summed E-state index contributed by atoms with van der Waals surface area (Å²) < 4.78 is 32.4. The molecule has 0 saturated heterocycles. The van der Waals surface area contributed by atoms with Gasteiger partial charge in [0.15, 0.2) is 0 Å². The highest BCUT2D eigenvalue weighted by molar-refractivity contribution is 5.70. The van der Waals surface area contributed by atoms with Gasteiger partial charge in [-0.15, -0.1) is 0 Å². The van der Waals surface area contributed by atoms with Crippen LogP contribution in [0.15, 0.2) is 0 Å². The molecule has 0 amide bonds. The predicted molar refractivity (Wildman–Crippen MR) is 41.0 cm³/mol. The molecule has 0 atom stereocenters. The van der Waals surface area contributed by atoms with Crippen molar-refractivity contribution in [2.24, 2.45) is 0 Å². The van der Waals surface area contributed by atoms with Gasteiger partial charge in [-0.05, 0) is 0 Å². The molecule has 0 aromatic rings. The summed E-state index contributed by atoms with van der Waals surface area (Å²) in [5.74, 6) is -3.01. The van der Waals surface area contributed by atoms with E-state index in [-0.39, 0.29) is 6.61 Å². The minimum atomic E-state index is -5.19. The number of aliphatic carboxylic acids is 1. The van der Waals surface area contributed by atoms with Crippen molar-refractivity contribution in [3.05, 3.63) is 0 Å². The first-order valence-electron chi connectivity index (χ1n) is 3.70. The van der Waals surface area contributed by atoms with Gasteiger partial charge < -0.3 is 19.5 Å². The second-order valence-electron chi connectivity index (χ2n) is 3.52. The van der Waals surface area contributed by atoms with Gasteiger partial charge >= 0.3 is 6.18 Å². The SMILES string of the molecule is C[N+](C)(C)CCO.O=C([O-])C(F)(F)F. The summed E-state index contributed by atoms with van der Waals surface area (Å²) in [4.78, 5) is 8.78. The van der Waals surface area contributed by atoms with Gasteiger partial charge in [0, 0.05) is 0 Å². The average molecular weight is 217 g/mol. The van der Waals surface area contributed by atoms with Gasteiger partial charge in [0.25, 0.3) is 0 Å². The lowest BCUT2D eigenvalue weighted by Gasteiger charge is -2.21. The van der Waals surface area contributed by atoms with Crippen molar-refractivity contribution in [3.8, 4) is 0 Å². The Hall–Kier alpha value is -0.820. The highest BCUT2D eigenvalue weighted by Gasteiger charge is 2.28. The van der Waals surface area contributed by atoms with Crippen molar-refractivity contribution in [1.82, 2.24) is 0 Å². The molecule has 7 heteroatoms. The van der Waals surface area contributed by atoms with E-state index in [2.05, 4.69) is 21.1 Å². The Morgan fingerprint density at radius 3 is 1.64 bits per heavy atom. The van der Waals surface area contributed by atoms with E-state index in [4.69, 9.17) is 15.0 Å². The molecule has 0 bridgehead atoms. The molecule has 14 heavy (non-hydrogen) atoms. The molecule has 0 spiro atoms. The first-order chi connectivity index (χ1) is 6.00. The molecule has 0 rings (SSSR count). The first-order valence-corrected chi connectivity index (χ1v) is 3.70. The van der Waals surface area contributed by atoms with Crippen LogP contribution in [0.1, 0.15) is 0 Å². The largest absolute Gasteiger partial charge is 0.542 e. The molecule has 0 saturated carbocycles. The van der Waals surface area contributed by atoms with Crippen LogP contribution in [-0.4, -0.2) is 56.0 Å². The monoisotopic (exact) mass is 217 g/mol. The topological polar surface area (TPSA) is 60.4 Å². The third-order valence-corrected chi connectivity index (χ3v) is 1.00. The van der Waals surface area contributed by atoms with Crippen LogP contribution in [0.5, 0.6) is 0 Å². The molecule has 4 nitrogen and oxygen atoms in total. The van der Waals surface area contributed by atoms with E-state index in [0.29, 0.717) is 0 Å². The molecule has 0 heterocycles. The minimum absolute atomic E-state index is 0.281. The molecule has 0 fully saturated rings. The molecule has 1 N–H and O–H groups in total. The van der Waals surface area contributed by atoms with E-state index in [1.807, 2.05) is 0 Å². The number of halogens is 3. The molecule has 0 aliphatic rings. The van der Waals surface area contributed by atoms with E-state index < -0.39 is 12.1 Å². The minimum Gasteiger partial charge on any atom is -0.542 e. The standard InChI is InChI=1S/C5H14NO.C2HF3O2/c1-6(2,3)4-5-7;3-2(4,5)1(6)7/h7H,4-5H2,1-3H3;(H,6,7)/q+1;/p-1. The zero-order valence-electron chi connectivity index (χ0n) is 8.26. The molecule has 0 aliphatic carbocycles. The summed E-state index contributed by atoms with van der Waals surface area (Å²) in [7, 11) is 6.16. The molecule has 0 unspecified atom stereocenters. The number of quaternary nitrogens is 1. The smallest absolute Gasteiger partial charge is 0.430 e. The lowest BCUT2D eigenvalue weighted by molar-refractivity contribution is -0.870. The molecule has 86 valence electrons. The maximum atomic E-state index is 10.5. The Morgan fingerprint density at radius 2 is 1.64 bits per heavy atom. The summed E-state index contributed by atoms with van der Waals surface area (Å²) in [6.45, 7) is 1.11. The number of aliphatic hydroxyl groups is 1. The number of likely N-dealkylation sites (N-methyl/N-ethyl adjacent to an activating group) is 1. The maximum absolute atomic E-state index is 10.5. The van der Waals surface area contributed by atoms with Crippen LogP contribution in [0, 0.1) is 0 Å². The number of carbonyl (C=O) groups excluding carboxylic acids is 1. The average Bonchev–Trinajstić information content (AvgIpc) is 1.82. The number of carboxylic acids is 1. The maximum Gasteiger partial charge on any atom is 0.430 e. The molecular weight excluding hydrogens is 203 g/mol. The highest BCUT2D eigenvalue weighted by atomic mass is 19.4. The molecule has 0 aromatic heterocycles. The fourth-order valence-corrected chi connectivity index (χ4v) is 0.300. The Bertz CT molecular complexity index is 174. The third-order valence-electron chi connectivity index (χ3n) is 1.00. The van der Waals surface area contributed by atoms with Crippen LogP contribution >= 0.6 is 0 Å². The number of nitrogens with zero attached hydrogens (tertiary/aromatic N) is 1. The van der Waals surface area contributed by atoms with Crippen LogP contribution in [0.2, 0.25) is 0 Å². The lowest BCUT2D eigenvalue weighted by Crippen LogP contribution is -2.37. The van der Waals surface area contributed by atoms with Gasteiger partial charge in [0.1, 0.15) is 12.5 Å². The zero-order chi connectivity index (χ0) is 12.0. The second-order valence-corrected chi connectivity index (χ2v) is 3.52. The van der Waals surface area contributed by atoms with Crippen molar-refractivity contribution in [2.75, 3.05) is 34.3 Å². The molecule has 0 radical (unpaired) electrons. The van der Waals surface area contributed by atoms with Gasteiger partial charge in [-0.25, -0.2) is 0 Å². The Morgan fingerprint density at radius 1 is 1.36 bits per heavy atom. The lowest BCUT2D eigenvalue weighted by atomic mass is 10.5. The van der Waals surface area contributed by atoms with Crippen LogP contribution < -0.4 is 5.11 Å². The summed E-state index contributed by atoms with van der Waals surface area (Å²) >= 11 is 0. The normalized spacial score (nSPS) is 11.6. The second kappa shape index (κ2) is 5.82. The number of carbonyl (C=O) groups is 1. The van der Waals surface area contributed by atoms with Gasteiger partial charge in [0.2, 0.25) is 0 Å². The van der Waals surface area contributed by atoms with Crippen LogP contribution in [-0.2, 0) is 4.79 Å². The number of carboxylic acid groups (broad SMARTS) is 1. The Kier molecular flexibility index (Phi) is 6.50. The number of hydrogen-bond acceptors (Lipinski definition) is 3. The fourth-order valence-electron chi connectivity index (χ4n) is 0.300. The van der Waals surface area contributed by atoms with Gasteiger partial charge in [-0.1, -0.05) is 0 Å². The van der Waals surface area contributed by atoms with Gasteiger partial charge in [0.05, 0.1) is 27.7 Å². The summed E-state index contributed by atoms with van der Waals surface area (Å²) in [6.07, 6.45) is -5.19.